The summed E-state index contributed by atoms with van der Waals surface area (Å²) in [7, 11) is 0. The summed E-state index contributed by atoms with van der Waals surface area (Å²) < 4.78 is 11.8. The number of hydrogen-bond donors (Lipinski definition) is 0. The van der Waals surface area contributed by atoms with Crippen LogP contribution >= 0.6 is 0 Å². The molecule has 3 aromatic rings. The van der Waals surface area contributed by atoms with Crippen molar-refractivity contribution in [1.29, 1.82) is 0 Å². The smallest absolute Gasteiger partial charge is 0.329 e. The van der Waals surface area contributed by atoms with Crippen LogP contribution in [0.25, 0.3) is 0 Å². The minimum atomic E-state index is -0.764. The molecule has 0 saturated carbocycles. The number of benzene rings is 2. The number of piperidine rings is 1. The van der Waals surface area contributed by atoms with Gasteiger partial charge in [0.1, 0.15) is 17.9 Å². The van der Waals surface area contributed by atoms with Crippen molar-refractivity contribution in [1.82, 2.24) is 9.88 Å². The lowest BCUT2D eigenvalue weighted by Crippen LogP contribution is -2.51. The second-order valence-electron chi connectivity index (χ2n) is 11.2. The van der Waals surface area contributed by atoms with E-state index in [2.05, 4.69) is 23.2 Å². The molecular formula is C35H42N2O5. The Balaban J connectivity index is 1.41. The molecule has 0 radical (unpaired) electrons. The number of rotatable bonds is 14. The van der Waals surface area contributed by atoms with E-state index >= 15 is 0 Å². The summed E-state index contributed by atoms with van der Waals surface area (Å²) in [5, 5.41) is 0. The normalized spacial score (nSPS) is 15.7. The zero-order chi connectivity index (χ0) is 29.7. The standard InChI is InChI=1S/C35H42N2O5/c1-26(2)41-31-20-10-17-29(24-31)33(38)34(39)37-23-7-6-21-32(37)35(40)42-30(18-8-14-27-12-4-3-5-13-27)19-9-15-28-16-11-22-36-25-28/h3-5,10-13,16-17,20,22,24-26,30,32H,6-9,14-15,18-19,21,23H2,1-2H3/t30?,32-/m0/s1. The van der Waals surface area contributed by atoms with Crippen LogP contribution in [0.3, 0.4) is 0 Å². The highest BCUT2D eigenvalue weighted by Gasteiger charge is 2.37. The number of carbonyl (C=O) groups excluding carboxylic acids is 3. The van der Waals surface area contributed by atoms with Crippen molar-refractivity contribution in [3.8, 4) is 5.75 Å². The van der Waals surface area contributed by atoms with Crippen LogP contribution in [-0.2, 0) is 27.2 Å². The number of carbonyl (C=O) groups is 3. The van der Waals surface area contributed by atoms with Crippen LogP contribution in [-0.4, -0.2) is 52.3 Å². The molecule has 0 spiro atoms. The van der Waals surface area contributed by atoms with Crippen molar-refractivity contribution in [2.24, 2.45) is 0 Å². The van der Waals surface area contributed by atoms with Crippen molar-refractivity contribution < 1.29 is 23.9 Å². The highest BCUT2D eigenvalue weighted by molar-refractivity contribution is 6.43. The SMILES string of the molecule is CC(C)Oc1cccc(C(=O)C(=O)N2CCCC[C@H]2C(=O)OC(CCCc2ccccc2)CCCc2cccnc2)c1. The maximum absolute atomic E-state index is 13.6. The number of aromatic nitrogens is 1. The number of nitrogens with zero attached hydrogens (tertiary/aromatic N) is 2. The number of aryl methyl sites for hydroxylation is 2. The van der Waals surface area contributed by atoms with Crippen LogP contribution in [0.2, 0.25) is 0 Å². The Morgan fingerprint density at radius 2 is 1.64 bits per heavy atom. The van der Waals surface area contributed by atoms with Gasteiger partial charge in [0.2, 0.25) is 0 Å². The molecule has 1 saturated heterocycles. The first-order valence-electron chi connectivity index (χ1n) is 15.2. The molecule has 4 rings (SSSR count). The van der Waals surface area contributed by atoms with Crippen LogP contribution in [0.4, 0.5) is 0 Å². The van der Waals surface area contributed by atoms with Crippen molar-refractivity contribution in [2.45, 2.75) is 89.9 Å². The molecule has 0 N–H and O–H groups in total. The van der Waals surface area contributed by atoms with Gasteiger partial charge in [0.15, 0.2) is 0 Å². The van der Waals surface area contributed by atoms with E-state index < -0.39 is 23.7 Å². The number of hydrogen-bond acceptors (Lipinski definition) is 6. The second kappa shape index (κ2) is 15.9. The second-order valence-corrected chi connectivity index (χ2v) is 11.2. The van der Waals surface area contributed by atoms with Crippen molar-refractivity contribution in [3.05, 3.63) is 95.8 Å². The molecule has 2 aromatic carbocycles. The molecule has 7 nitrogen and oxygen atoms in total. The van der Waals surface area contributed by atoms with Crippen LogP contribution in [0.5, 0.6) is 5.75 Å². The van der Waals surface area contributed by atoms with Gasteiger partial charge in [-0.3, -0.25) is 14.6 Å². The van der Waals surface area contributed by atoms with Crippen LogP contribution in [0, 0.1) is 0 Å². The van der Waals surface area contributed by atoms with E-state index in [0.29, 0.717) is 18.7 Å². The van der Waals surface area contributed by atoms with Gasteiger partial charge >= 0.3 is 5.97 Å². The maximum Gasteiger partial charge on any atom is 0.329 e. The number of pyridine rings is 1. The molecule has 1 aliphatic heterocycles. The minimum Gasteiger partial charge on any atom is -0.491 e. The summed E-state index contributed by atoms with van der Waals surface area (Å²) in [5.41, 5.74) is 2.66. The van der Waals surface area contributed by atoms with Crippen molar-refractivity contribution >= 4 is 17.7 Å². The first kappa shape index (κ1) is 30.9. The number of esters is 1. The fourth-order valence-electron chi connectivity index (χ4n) is 5.42. The van der Waals surface area contributed by atoms with Gasteiger partial charge in [-0.05, 0) is 101 Å². The molecule has 1 aliphatic rings. The van der Waals surface area contributed by atoms with Gasteiger partial charge in [0, 0.05) is 24.5 Å². The number of amides is 1. The summed E-state index contributed by atoms with van der Waals surface area (Å²) in [4.78, 5) is 45.8. The molecule has 1 fully saturated rings. The average Bonchev–Trinajstić information content (AvgIpc) is 3.01. The van der Waals surface area contributed by atoms with Crippen LogP contribution < -0.4 is 4.74 Å². The Labute approximate surface area is 249 Å². The Morgan fingerprint density at radius 3 is 2.36 bits per heavy atom. The lowest BCUT2D eigenvalue weighted by Gasteiger charge is -2.34. The van der Waals surface area contributed by atoms with E-state index in [1.54, 1.807) is 30.5 Å². The van der Waals surface area contributed by atoms with Gasteiger partial charge in [-0.15, -0.1) is 0 Å². The van der Waals surface area contributed by atoms with Gasteiger partial charge in [-0.25, -0.2) is 4.79 Å². The van der Waals surface area contributed by atoms with E-state index in [9.17, 15) is 14.4 Å². The molecule has 7 heteroatoms. The van der Waals surface area contributed by atoms with Crippen molar-refractivity contribution in [3.63, 3.8) is 0 Å². The first-order chi connectivity index (χ1) is 20.4. The van der Waals surface area contributed by atoms with E-state index in [1.807, 2.05) is 44.3 Å². The molecule has 2 heterocycles. The Morgan fingerprint density at radius 1 is 0.905 bits per heavy atom. The van der Waals surface area contributed by atoms with Gasteiger partial charge in [-0.2, -0.15) is 0 Å². The third-order valence-electron chi connectivity index (χ3n) is 7.53. The highest BCUT2D eigenvalue weighted by atomic mass is 16.5. The van der Waals surface area contributed by atoms with E-state index in [0.717, 1.165) is 56.9 Å². The Bertz CT molecular complexity index is 1250. The maximum atomic E-state index is 13.6. The predicted molar refractivity (Wildman–Crippen MR) is 162 cm³/mol. The summed E-state index contributed by atoms with van der Waals surface area (Å²) in [6.45, 7) is 4.15. The molecule has 222 valence electrons. The van der Waals surface area contributed by atoms with Gasteiger partial charge in [-0.1, -0.05) is 48.5 Å². The molecule has 1 aromatic heterocycles. The summed E-state index contributed by atoms with van der Waals surface area (Å²) >= 11 is 0. The summed E-state index contributed by atoms with van der Waals surface area (Å²) in [5.74, 6) is -1.20. The molecule has 0 aliphatic carbocycles. The number of likely N-dealkylation sites (tertiary alicyclic amines) is 1. The number of Topliss-reactive ketones (excluding diaryl/α,β-unsaturated/α-hetero) is 1. The molecule has 2 atom stereocenters. The van der Waals surface area contributed by atoms with Crippen molar-refractivity contribution in [2.75, 3.05) is 6.54 Å². The first-order valence-corrected chi connectivity index (χ1v) is 15.2. The largest absolute Gasteiger partial charge is 0.491 e. The lowest BCUT2D eigenvalue weighted by molar-refractivity contribution is -0.161. The lowest BCUT2D eigenvalue weighted by atomic mass is 9.99. The summed E-state index contributed by atoms with van der Waals surface area (Å²) in [6, 6.07) is 20.2. The Kier molecular flexibility index (Phi) is 11.7. The van der Waals surface area contributed by atoms with E-state index in [1.165, 1.54) is 10.5 Å². The molecule has 42 heavy (non-hydrogen) atoms. The molecular weight excluding hydrogens is 528 g/mol. The van der Waals surface area contributed by atoms with E-state index in [4.69, 9.17) is 9.47 Å². The van der Waals surface area contributed by atoms with Crippen LogP contribution in [0.1, 0.15) is 80.3 Å². The quantitative estimate of drug-likeness (QED) is 0.127. The zero-order valence-electron chi connectivity index (χ0n) is 24.7. The monoisotopic (exact) mass is 570 g/mol. The van der Waals surface area contributed by atoms with Gasteiger partial charge in [0.05, 0.1) is 6.10 Å². The van der Waals surface area contributed by atoms with Gasteiger partial charge in [0.25, 0.3) is 11.7 Å². The Hall–Kier alpha value is -4.00. The number of ether oxygens (including phenoxy) is 2. The van der Waals surface area contributed by atoms with Gasteiger partial charge < -0.3 is 14.4 Å². The molecule has 0 bridgehead atoms. The fourth-order valence-corrected chi connectivity index (χ4v) is 5.42. The zero-order valence-corrected chi connectivity index (χ0v) is 24.7. The topological polar surface area (TPSA) is 85.8 Å². The number of ketones is 1. The predicted octanol–water partition coefficient (Wildman–Crippen LogP) is 6.39. The van der Waals surface area contributed by atoms with E-state index in [-0.39, 0.29) is 17.8 Å². The minimum absolute atomic E-state index is 0.0581. The fraction of sp³-hybridized carbons (Fsp3) is 0.429. The average molecular weight is 571 g/mol. The molecule has 1 amide bonds. The third-order valence-corrected chi connectivity index (χ3v) is 7.53. The highest BCUT2D eigenvalue weighted by Crippen LogP contribution is 2.24. The summed E-state index contributed by atoms with van der Waals surface area (Å²) in [6.07, 6.45) is 10.3. The van der Waals surface area contributed by atoms with Crippen LogP contribution in [0.15, 0.2) is 79.1 Å². The third kappa shape index (κ3) is 9.26. The molecule has 1 unspecified atom stereocenters.